The van der Waals surface area contributed by atoms with Gasteiger partial charge in [0, 0.05) is 57.8 Å². The summed E-state index contributed by atoms with van der Waals surface area (Å²) in [5.41, 5.74) is 3.90. The number of allylic oxidation sites excluding steroid dienone is 4. The van der Waals surface area contributed by atoms with Gasteiger partial charge in [-0.2, -0.15) is 0 Å². The molecule has 5 heteroatoms. The summed E-state index contributed by atoms with van der Waals surface area (Å²) in [4.78, 5) is 0. The third-order valence-electron chi connectivity index (χ3n) is 5.94. The molecule has 0 aromatic carbocycles. The summed E-state index contributed by atoms with van der Waals surface area (Å²) >= 11 is 0. The number of nitrogens with one attached hydrogen (secondary N) is 2. The normalized spacial score (nSPS) is 13.5. The van der Waals surface area contributed by atoms with Crippen LogP contribution in [-0.4, -0.2) is 53.2 Å². The SMILES string of the molecule is C=C(CC1=CC=C(NCCCCCOCCOCCCCCOCCCCCC)CC1)NC. The van der Waals surface area contributed by atoms with Crippen molar-refractivity contribution in [3.05, 3.63) is 35.7 Å². The Kier molecular flexibility index (Phi) is 20.3. The second kappa shape index (κ2) is 22.5. The first-order valence-corrected chi connectivity index (χ1v) is 13.5. The van der Waals surface area contributed by atoms with E-state index in [0.29, 0.717) is 13.2 Å². The van der Waals surface area contributed by atoms with E-state index in [0.717, 1.165) is 77.2 Å². The zero-order chi connectivity index (χ0) is 23.8. The second-order valence-corrected chi connectivity index (χ2v) is 8.99. The van der Waals surface area contributed by atoms with E-state index in [-0.39, 0.29) is 0 Å². The molecule has 1 aliphatic carbocycles. The topological polar surface area (TPSA) is 51.8 Å². The fraction of sp³-hybridized carbons (Fsp3) is 0.786. The van der Waals surface area contributed by atoms with Crippen LogP contribution in [0.5, 0.6) is 0 Å². The van der Waals surface area contributed by atoms with Crippen LogP contribution < -0.4 is 10.6 Å². The Morgan fingerprint density at radius 3 is 1.88 bits per heavy atom. The number of ether oxygens (including phenoxy) is 3. The smallest absolute Gasteiger partial charge is 0.0700 e. The van der Waals surface area contributed by atoms with Gasteiger partial charge in [-0.25, -0.2) is 0 Å². The average Bonchev–Trinajstić information content (AvgIpc) is 2.83. The van der Waals surface area contributed by atoms with Gasteiger partial charge in [0.05, 0.1) is 13.2 Å². The van der Waals surface area contributed by atoms with Gasteiger partial charge in [0.25, 0.3) is 0 Å². The Balaban J connectivity index is 1.77. The molecule has 0 bridgehead atoms. The summed E-state index contributed by atoms with van der Waals surface area (Å²) in [6, 6.07) is 0. The lowest BCUT2D eigenvalue weighted by atomic mass is 9.98. The largest absolute Gasteiger partial charge is 0.392 e. The van der Waals surface area contributed by atoms with Crippen molar-refractivity contribution >= 4 is 0 Å². The Morgan fingerprint density at radius 1 is 0.758 bits per heavy atom. The molecule has 0 aromatic rings. The molecule has 0 saturated carbocycles. The van der Waals surface area contributed by atoms with Crippen molar-refractivity contribution < 1.29 is 14.2 Å². The van der Waals surface area contributed by atoms with Gasteiger partial charge in [-0.3, -0.25) is 0 Å². The summed E-state index contributed by atoms with van der Waals surface area (Å²) in [5.74, 6) is 0. The second-order valence-electron chi connectivity index (χ2n) is 8.99. The summed E-state index contributed by atoms with van der Waals surface area (Å²) in [6.07, 6.45) is 19.7. The molecule has 1 aliphatic rings. The van der Waals surface area contributed by atoms with Crippen LogP contribution in [0.3, 0.4) is 0 Å². The van der Waals surface area contributed by atoms with E-state index >= 15 is 0 Å². The minimum absolute atomic E-state index is 0.709. The first-order valence-electron chi connectivity index (χ1n) is 13.5. The molecule has 0 saturated heterocycles. The molecule has 0 radical (unpaired) electrons. The Labute approximate surface area is 204 Å². The summed E-state index contributed by atoms with van der Waals surface area (Å²) in [6.45, 7) is 12.2. The van der Waals surface area contributed by atoms with Gasteiger partial charge in [-0.1, -0.05) is 44.4 Å². The summed E-state index contributed by atoms with van der Waals surface area (Å²) in [5, 5.41) is 6.70. The third kappa shape index (κ3) is 18.8. The Hall–Kier alpha value is -1.30. The lowest BCUT2D eigenvalue weighted by Crippen LogP contribution is -2.17. The van der Waals surface area contributed by atoms with Gasteiger partial charge in [0.15, 0.2) is 0 Å². The number of hydrogen-bond acceptors (Lipinski definition) is 5. The first kappa shape index (κ1) is 29.7. The predicted molar refractivity (Wildman–Crippen MR) is 141 cm³/mol. The monoisotopic (exact) mass is 464 g/mol. The highest BCUT2D eigenvalue weighted by Crippen LogP contribution is 2.21. The minimum Gasteiger partial charge on any atom is -0.392 e. The van der Waals surface area contributed by atoms with E-state index in [4.69, 9.17) is 14.2 Å². The summed E-state index contributed by atoms with van der Waals surface area (Å²) < 4.78 is 17.0. The van der Waals surface area contributed by atoms with Crippen molar-refractivity contribution in [3.63, 3.8) is 0 Å². The molecule has 192 valence electrons. The maximum atomic E-state index is 5.69. The van der Waals surface area contributed by atoms with Crippen LogP contribution >= 0.6 is 0 Å². The number of unbranched alkanes of at least 4 members (excludes halogenated alkanes) is 7. The van der Waals surface area contributed by atoms with E-state index in [1.807, 2.05) is 7.05 Å². The van der Waals surface area contributed by atoms with E-state index in [1.165, 1.54) is 56.2 Å². The average molecular weight is 465 g/mol. The third-order valence-corrected chi connectivity index (χ3v) is 5.94. The number of hydrogen-bond donors (Lipinski definition) is 2. The van der Waals surface area contributed by atoms with Gasteiger partial charge in [0.2, 0.25) is 0 Å². The zero-order valence-electron chi connectivity index (χ0n) is 21.7. The summed E-state index contributed by atoms with van der Waals surface area (Å²) in [7, 11) is 1.93. The first-order chi connectivity index (χ1) is 16.3. The maximum absolute atomic E-state index is 5.69. The van der Waals surface area contributed by atoms with Gasteiger partial charge >= 0.3 is 0 Å². The molecular weight excluding hydrogens is 412 g/mol. The van der Waals surface area contributed by atoms with E-state index in [2.05, 4.69) is 36.3 Å². The lowest BCUT2D eigenvalue weighted by molar-refractivity contribution is 0.0440. The fourth-order valence-corrected chi connectivity index (χ4v) is 3.73. The Morgan fingerprint density at radius 2 is 1.33 bits per heavy atom. The van der Waals surface area contributed by atoms with Crippen LogP contribution in [0.2, 0.25) is 0 Å². The van der Waals surface area contributed by atoms with Gasteiger partial charge < -0.3 is 24.8 Å². The predicted octanol–water partition coefficient (Wildman–Crippen LogP) is 6.27. The fourth-order valence-electron chi connectivity index (χ4n) is 3.73. The van der Waals surface area contributed by atoms with Gasteiger partial charge in [0.1, 0.15) is 0 Å². The van der Waals surface area contributed by atoms with Crippen molar-refractivity contribution in [2.75, 3.05) is 53.2 Å². The van der Waals surface area contributed by atoms with Crippen LogP contribution in [0.15, 0.2) is 35.7 Å². The van der Waals surface area contributed by atoms with Crippen LogP contribution in [0.4, 0.5) is 0 Å². The molecule has 2 N–H and O–H groups in total. The van der Waals surface area contributed by atoms with Crippen LogP contribution in [-0.2, 0) is 14.2 Å². The van der Waals surface area contributed by atoms with E-state index < -0.39 is 0 Å². The quantitative estimate of drug-likeness (QED) is 0.165. The van der Waals surface area contributed by atoms with Gasteiger partial charge in [-0.05, 0) is 63.9 Å². The van der Waals surface area contributed by atoms with E-state index in [9.17, 15) is 0 Å². The molecule has 33 heavy (non-hydrogen) atoms. The molecule has 0 fully saturated rings. The van der Waals surface area contributed by atoms with Crippen LogP contribution in [0, 0.1) is 0 Å². The maximum Gasteiger partial charge on any atom is 0.0700 e. The highest BCUT2D eigenvalue weighted by atomic mass is 16.5. The molecule has 0 aliphatic heterocycles. The molecular formula is C28H52N2O3. The van der Waals surface area contributed by atoms with Crippen molar-refractivity contribution in [3.8, 4) is 0 Å². The molecule has 0 amide bonds. The molecule has 5 nitrogen and oxygen atoms in total. The molecule has 0 spiro atoms. The molecule has 0 aromatic heterocycles. The number of rotatable bonds is 24. The molecule has 1 rings (SSSR count). The zero-order valence-corrected chi connectivity index (χ0v) is 21.7. The van der Waals surface area contributed by atoms with Crippen molar-refractivity contribution in [1.82, 2.24) is 10.6 Å². The van der Waals surface area contributed by atoms with Crippen molar-refractivity contribution in [2.24, 2.45) is 0 Å². The molecule has 0 unspecified atom stereocenters. The molecule has 0 atom stereocenters. The highest BCUT2D eigenvalue weighted by molar-refractivity contribution is 5.25. The van der Waals surface area contributed by atoms with Crippen molar-refractivity contribution in [1.29, 1.82) is 0 Å². The molecule has 0 heterocycles. The van der Waals surface area contributed by atoms with Gasteiger partial charge in [-0.15, -0.1) is 0 Å². The van der Waals surface area contributed by atoms with Crippen LogP contribution in [0.25, 0.3) is 0 Å². The lowest BCUT2D eigenvalue weighted by Gasteiger charge is -2.17. The minimum atomic E-state index is 0.709. The highest BCUT2D eigenvalue weighted by Gasteiger charge is 2.07. The van der Waals surface area contributed by atoms with Crippen molar-refractivity contribution in [2.45, 2.75) is 90.4 Å². The Bertz CT molecular complexity index is 531. The van der Waals surface area contributed by atoms with E-state index in [1.54, 1.807) is 0 Å². The standard InChI is InChI=1S/C28H52N2O3/c1-4-5-6-10-19-31-20-12-8-13-22-33-24-23-32-21-11-7-9-18-30-28-16-14-27(15-17-28)25-26(2)29-3/h14,16,29-30H,2,4-13,15,17-25H2,1,3H3. The van der Waals surface area contributed by atoms with Crippen LogP contribution in [0.1, 0.15) is 90.4 Å².